The summed E-state index contributed by atoms with van der Waals surface area (Å²) in [5.41, 5.74) is 1.17. The molecule has 0 radical (unpaired) electrons. The number of carbonyl (C=O) groups excluding carboxylic acids is 2. The Kier molecular flexibility index (Phi) is 11.2. The van der Waals surface area contributed by atoms with E-state index in [0.29, 0.717) is 54.7 Å². The second-order valence-corrected chi connectivity index (χ2v) is 9.50. The molecule has 1 saturated heterocycles. The number of rotatable bonds is 15. The van der Waals surface area contributed by atoms with Gasteiger partial charge in [0, 0.05) is 18.7 Å². The summed E-state index contributed by atoms with van der Waals surface area (Å²) in [6, 6.07) is 11.6. The molecule has 0 aromatic heterocycles. The molecule has 0 spiro atoms. The topological polar surface area (TPSA) is 88.5 Å². The third-order valence-electron chi connectivity index (χ3n) is 6.95. The average molecular weight is 539 g/mol. The molecule has 212 valence electrons. The Morgan fingerprint density at radius 1 is 0.923 bits per heavy atom. The van der Waals surface area contributed by atoms with Crippen LogP contribution in [-0.2, 0) is 9.59 Å². The van der Waals surface area contributed by atoms with Gasteiger partial charge in [-0.05, 0) is 67.9 Å². The maximum atomic E-state index is 13.4. The molecule has 8 nitrogen and oxygen atoms in total. The van der Waals surface area contributed by atoms with Crippen LogP contribution < -0.4 is 14.2 Å². The van der Waals surface area contributed by atoms with Crippen molar-refractivity contribution < 1.29 is 28.9 Å². The van der Waals surface area contributed by atoms with Crippen molar-refractivity contribution in [3.63, 3.8) is 0 Å². The summed E-state index contributed by atoms with van der Waals surface area (Å²) in [5, 5.41) is 11.4. The average Bonchev–Trinajstić information content (AvgIpc) is 3.21. The highest BCUT2D eigenvalue weighted by Crippen LogP contribution is 2.42. The van der Waals surface area contributed by atoms with E-state index < -0.39 is 17.7 Å². The Morgan fingerprint density at radius 3 is 2.26 bits per heavy atom. The van der Waals surface area contributed by atoms with Gasteiger partial charge in [-0.3, -0.25) is 9.59 Å². The molecule has 1 N–H and O–H groups in total. The molecule has 0 bridgehead atoms. The number of amides is 1. The Bertz CT molecular complexity index is 1140. The lowest BCUT2D eigenvalue weighted by molar-refractivity contribution is -0.140. The van der Waals surface area contributed by atoms with Crippen molar-refractivity contribution in [2.24, 2.45) is 0 Å². The minimum absolute atomic E-state index is 0.0588. The van der Waals surface area contributed by atoms with E-state index in [-0.39, 0.29) is 11.3 Å². The van der Waals surface area contributed by atoms with Crippen molar-refractivity contribution in [2.75, 3.05) is 46.5 Å². The highest BCUT2D eigenvalue weighted by atomic mass is 16.5. The molecule has 8 heteroatoms. The Labute approximate surface area is 232 Å². The number of hydrogen-bond donors (Lipinski definition) is 1. The molecule has 1 atom stereocenters. The van der Waals surface area contributed by atoms with Crippen molar-refractivity contribution in [2.45, 2.75) is 53.0 Å². The number of aliphatic hydroxyl groups excluding tert-OH is 1. The summed E-state index contributed by atoms with van der Waals surface area (Å²) in [6.07, 6.45) is 2.80. The number of methoxy groups -OCH3 is 1. The van der Waals surface area contributed by atoms with Crippen molar-refractivity contribution in [3.8, 4) is 17.2 Å². The molecule has 2 aromatic carbocycles. The fraction of sp³-hybridized carbons (Fsp3) is 0.484. The largest absolute Gasteiger partial charge is 0.507 e. The number of ketones is 1. The van der Waals surface area contributed by atoms with Crippen LogP contribution in [0.1, 0.15) is 64.1 Å². The lowest BCUT2D eigenvalue weighted by atomic mass is 9.95. The van der Waals surface area contributed by atoms with E-state index in [1.54, 1.807) is 48.4 Å². The second kappa shape index (κ2) is 14.6. The summed E-state index contributed by atoms with van der Waals surface area (Å²) in [7, 11) is 1.56. The quantitative estimate of drug-likeness (QED) is 0.140. The fourth-order valence-corrected chi connectivity index (χ4v) is 4.63. The maximum Gasteiger partial charge on any atom is 0.295 e. The lowest BCUT2D eigenvalue weighted by Gasteiger charge is -2.28. The monoisotopic (exact) mass is 538 g/mol. The summed E-state index contributed by atoms with van der Waals surface area (Å²) in [4.78, 5) is 30.5. The number of likely N-dealkylation sites (tertiary alicyclic amines) is 1. The van der Waals surface area contributed by atoms with Crippen LogP contribution in [0.15, 0.2) is 48.0 Å². The van der Waals surface area contributed by atoms with Gasteiger partial charge in [0.15, 0.2) is 11.5 Å². The molecule has 3 rings (SSSR count). The Morgan fingerprint density at radius 2 is 1.64 bits per heavy atom. The van der Waals surface area contributed by atoms with Gasteiger partial charge >= 0.3 is 0 Å². The highest BCUT2D eigenvalue weighted by Gasteiger charge is 2.46. The molecule has 2 aromatic rings. The molecule has 0 saturated carbocycles. The SMILES string of the molecule is CCCCOc1ccc(C2/C(=C(\O)c3ccc(OCCC)cc3)C(=O)C(=O)N2CCN(CC)CC)cc1OC. The van der Waals surface area contributed by atoms with Crippen molar-refractivity contribution in [1.29, 1.82) is 0 Å². The van der Waals surface area contributed by atoms with Gasteiger partial charge < -0.3 is 29.1 Å². The van der Waals surface area contributed by atoms with Gasteiger partial charge in [0.25, 0.3) is 11.7 Å². The van der Waals surface area contributed by atoms with Crippen LogP contribution in [0, 0.1) is 0 Å². The second-order valence-electron chi connectivity index (χ2n) is 9.50. The molecule has 0 aliphatic carbocycles. The maximum absolute atomic E-state index is 13.4. The first-order chi connectivity index (χ1) is 18.9. The van der Waals surface area contributed by atoms with E-state index in [4.69, 9.17) is 14.2 Å². The first kappa shape index (κ1) is 30.0. The first-order valence-corrected chi connectivity index (χ1v) is 13.9. The molecule has 1 unspecified atom stereocenters. The molecule has 39 heavy (non-hydrogen) atoms. The number of aliphatic hydroxyl groups is 1. The Balaban J connectivity index is 2.06. The van der Waals surface area contributed by atoms with Gasteiger partial charge in [-0.15, -0.1) is 0 Å². The number of nitrogens with zero attached hydrogens (tertiary/aromatic N) is 2. The van der Waals surface area contributed by atoms with Crippen molar-refractivity contribution in [1.82, 2.24) is 9.80 Å². The van der Waals surface area contributed by atoms with Crippen LogP contribution in [0.3, 0.4) is 0 Å². The van der Waals surface area contributed by atoms with Crippen LogP contribution >= 0.6 is 0 Å². The zero-order chi connectivity index (χ0) is 28.4. The minimum Gasteiger partial charge on any atom is -0.507 e. The van der Waals surface area contributed by atoms with Gasteiger partial charge in [0.1, 0.15) is 11.5 Å². The fourth-order valence-electron chi connectivity index (χ4n) is 4.63. The normalized spacial score (nSPS) is 16.7. The van der Waals surface area contributed by atoms with Crippen LogP contribution in [0.2, 0.25) is 0 Å². The van der Waals surface area contributed by atoms with E-state index >= 15 is 0 Å². The summed E-state index contributed by atoms with van der Waals surface area (Å²) >= 11 is 0. The zero-order valence-electron chi connectivity index (χ0n) is 23.9. The van der Waals surface area contributed by atoms with Crippen LogP contribution in [-0.4, -0.2) is 73.1 Å². The predicted octanol–water partition coefficient (Wildman–Crippen LogP) is 5.43. The zero-order valence-corrected chi connectivity index (χ0v) is 23.9. The number of ether oxygens (including phenoxy) is 3. The molecule has 1 aliphatic rings. The number of benzene rings is 2. The number of unbranched alkanes of at least 4 members (excludes halogenated alkanes) is 1. The molecule has 1 aliphatic heterocycles. The van der Waals surface area contributed by atoms with Crippen LogP contribution in [0.5, 0.6) is 17.2 Å². The highest BCUT2D eigenvalue weighted by molar-refractivity contribution is 6.46. The van der Waals surface area contributed by atoms with Gasteiger partial charge in [0.2, 0.25) is 0 Å². The van der Waals surface area contributed by atoms with Crippen LogP contribution in [0.25, 0.3) is 5.76 Å². The Hall–Kier alpha value is -3.52. The third kappa shape index (κ3) is 7.12. The van der Waals surface area contributed by atoms with Gasteiger partial charge in [0.05, 0.1) is 31.9 Å². The lowest BCUT2D eigenvalue weighted by Crippen LogP contribution is -2.38. The van der Waals surface area contributed by atoms with E-state index in [2.05, 4.69) is 25.7 Å². The van der Waals surface area contributed by atoms with E-state index in [1.165, 1.54) is 0 Å². The predicted molar refractivity (Wildman–Crippen MR) is 152 cm³/mol. The smallest absolute Gasteiger partial charge is 0.295 e. The molecule has 1 heterocycles. The van der Waals surface area contributed by atoms with Crippen molar-refractivity contribution >= 4 is 17.4 Å². The first-order valence-electron chi connectivity index (χ1n) is 13.9. The number of likely N-dealkylation sites (N-methyl/N-ethyl adjacent to an activating group) is 1. The van der Waals surface area contributed by atoms with Crippen LogP contribution in [0.4, 0.5) is 0 Å². The van der Waals surface area contributed by atoms with E-state index in [1.807, 2.05) is 13.0 Å². The van der Waals surface area contributed by atoms with E-state index in [9.17, 15) is 14.7 Å². The summed E-state index contributed by atoms with van der Waals surface area (Å²) in [5.74, 6) is 0.234. The number of Topliss-reactive ketones (excluding diaryl/α,β-unsaturated/α-hetero) is 1. The van der Waals surface area contributed by atoms with Crippen molar-refractivity contribution in [3.05, 3.63) is 59.2 Å². The summed E-state index contributed by atoms with van der Waals surface area (Å²) < 4.78 is 17.2. The van der Waals surface area contributed by atoms with Gasteiger partial charge in [-0.1, -0.05) is 40.2 Å². The standard InChI is InChI=1S/C31H42N2O6/c1-6-10-20-39-25-16-13-23(21-26(25)37-5)28-27(29(34)22-11-14-24(15-12-22)38-19-7-2)30(35)31(36)33(28)18-17-32(8-3)9-4/h11-16,21,28,34H,6-10,17-20H2,1-5H3/b29-27+. The van der Waals surface area contributed by atoms with Gasteiger partial charge in [-0.2, -0.15) is 0 Å². The number of hydrogen-bond acceptors (Lipinski definition) is 7. The minimum atomic E-state index is -0.768. The molecular weight excluding hydrogens is 496 g/mol. The molecule has 1 fully saturated rings. The number of carbonyl (C=O) groups is 2. The van der Waals surface area contributed by atoms with Gasteiger partial charge in [-0.25, -0.2) is 0 Å². The summed E-state index contributed by atoms with van der Waals surface area (Å²) in [6.45, 7) is 12.0. The third-order valence-corrected chi connectivity index (χ3v) is 6.95. The van der Waals surface area contributed by atoms with E-state index in [0.717, 1.165) is 32.4 Å². The molecule has 1 amide bonds. The molecular formula is C31H42N2O6.